The van der Waals surface area contributed by atoms with E-state index in [9.17, 15) is 4.79 Å². The van der Waals surface area contributed by atoms with E-state index in [-0.39, 0.29) is 17.5 Å². The maximum atomic E-state index is 11.4. The van der Waals surface area contributed by atoms with Crippen LogP contribution in [0.2, 0.25) is 0 Å². The molecule has 13 heavy (non-hydrogen) atoms. The van der Waals surface area contributed by atoms with Crippen LogP contribution in [-0.4, -0.2) is 17.5 Å². The average Bonchev–Trinajstić information content (AvgIpc) is 1.95. The van der Waals surface area contributed by atoms with Gasteiger partial charge in [-0.05, 0) is 32.6 Å². The molecular formula is C10H20N2O. The Morgan fingerprint density at radius 3 is 2.54 bits per heavy atom. The van der Waals surface area contributed by atoms with Gasteiger partial charge in [-0.15, -0.1) is 0 Å². The van der Waals surface area contributed by atoms with E-state index >= 15 is 0 Å². The zero-order chi connectivity index (χ0) is 9.90. The molecule has 0 aromatic rings. The third-order valence-electron chi connectivity index (χ3n) is 2.90. The first kappa shape index (κ1) is 10.5. The lowest BCUT2D eigenvalue weighted by Gasteiger charge is -2.42. The first-order valence-corrected chi connectivity index (χ1v) is 5.14. The third kappa shape index (κ3) is 2.69. The molecule has 0 radical (unpaired) electrons. The van der Waals surface area contributed by atoms with Crippen LogP contribution in [0.15, 0.2) is 0 Å². The van der Waals surface area contributed by atoms with Gasteiger partial charge in [0.25, 0.3) is 0 Å². The largest absolute Gasteiger partial charge is 0.351 e. The number of carbonyl (C=O) groups is 1. The molecule has 1 fully saturated rings. The highest BCUT2D eigenvalue weighted by molar-refractivity contribution is 5.77. The zero-order valence-corrected chi connectivity index (χ0v) is 8.60. The average molecular weight is 184 g/mol. The Balaban J connectivity index is 2.34. The fraction of sp³-hybridized carbons (Fsp3) is 0.900. The lowest BCUT2D eigenvalue weighted by Crippen LogP contribution is -2.53. The molecule has 0 spiro atoms. The number of amides is 1. The quantitative estimate of drug-likeness (QED) is 0.689. The van der Waals surface area contributed by atoms with Crippen molar-refractivity contribution in [3.63, 3.8) is 0 Å². The van der Waals surface area contributed by atoms with Crippen LogP contribution in [0.25, 0.3) is 0 Å². The van der Waals surface area contributed by atoms with Crippen molar-refractivity contribution in [3.05, 3.63) is 0 Å². The van der Waals surface area contributed by atoms with E-state index in [1.54, 1.807) is 0 Å². The highest BCUT2D eigenvalue weighted by Crippen LogP contribution is 2.34. The minimum absolute atomic E-state index is 0.0333. The zero-order valence-electron chi connectivity index (χ0n) is 8.60. The summed E-state index contributed by atoms with van der Waals surface area (Å²) in [5.74, 6) is 0.108. The Morgan fingerprint density at radius 2 is 2.23 bits per heavy atom. The molecule has 0 aliphatic heterocycles. The van der Waals surface area contributed by atoms with Crippen LogP contribution in [0.4, 0.5) is 0 Å². The molecule has 1 rings (SSSR count). The second-order valence-electron chi connectivity index (χ2n) is 4.22. The summed E-state index contributed by atoms with van der Waals surface area (Å²) in [7, 11) is 0. The summed E-state index contributed by atoms with van der Waals surface area (Å²) in [6.07, 6.45) is 4.99. The second-order valence-corrected chi connectivity index (χ2v) is 4.22. The van der Waals surface area contributed by atoms with Gasteiger partial charge in [0.05, 0.1) is 0 Å². The number of rotatable bonds is 4. The van der Waals surface area contributed by atoms with Crippen molar-refractivity contribution in [1.82, 2.24) is 5.32 Å². The fourth-order valence-corrected chi connectivity index (χ4v) is 1.81. The van der Waals surface area contributed by atoms with Crippen molar-refractivity contribution >= 4 is 5.91 Å². The van der Waals surface area contributed by atoms with E-state index in [1.165, 1.54) is 6.42 Å². The molecule has 1 saturated carbocycles. The van der Waals surface area contributed by atoms with Crippen LogP contribution >= 0.6 is 0 Å². The van der Waals surface area contributed by atoms with Crippen molar-refractivity contribution in [1.29, 1.82) is 0 Å². The highest BCUT2D eigenvalue weighted by Gasteiger charge is 2.36. The van der Waals surface area contributed by atoms with Gasteiger partial charge in [0.15, 0.2) is 0 Å². The van der Waals surface area contributed by atoms with E-state index in [0.29, 0.717) is 6.42 Å². The van der Waals surface area contributed by atoms with Crippen molar-refractivity contribution in [3.8, 4) is 0 Å². The minimum Gasteiger partial charge on any atom is -0.351 e. The van der Waals surface area contributed by atoms with Crippen molar-refractivity contribution in [2.75, 3.05) is 0 Å². The van der Waals surface area contributed by atoms with Crippen LogP contribution < -0.4 is 11.1 Å². The second kappa shape index (κ2) is 4.09. The van der Waals surface area contributed by atoms with Gasteiger partial charge in [-0.25, -0.2) is 0 Å². The van der Waals surface area contributed by atoms with Gasteiger partial charge in [0.2, 0.25) is 5.91 Å². The van der Waals surface area contributed by atoms with Crippen LogP contribution in [-0.2, 0) is 4.79 Å². The predicted octanol–water partition coefficient (Wildman–Crippen LogP) is 1.17. The Hall–Kier alpha value is -0.570. The van der Waals surface area contributed by atoms with Crippen LogP contribution in [0, 0.1) is 0 Å². The molecule has 1 atom stereocenters. The Labute approximate surface area is 80.1 Å². The first-order chi connectivity index (χ1) is 6.08. The summed E-state index contributed by atoms with van der Waals surface area (Å²) in [5, 5.41) is 3.09. The Morgan fingerprint density at radius 1 is 1.62 bits per heavy atom. The SMILES string of the molecule is CCC1(NC(=O)CC(C)N)CCC1. The highest BCUT2D eigenvalue weighted by atomic mass is 16.1. The molecule has 1 aliphatic carbocycles. The summed E-state index contributed by atoms with van der Waals surface area (Å²) < 4.78 is 0. The summed E-state index contributed by atoms with van der Waals surface area (Å²) >= 11 is 0. The van der Waals surface area contributed by atoms with Crippen molar-refractivity contribution in [2.45, 2.75) is 57.5 Å². The van der Waals surface area contributed by atoms with E-state index in [4.69, 9.17) is 5.73 Å². The molecule has 3 nitrogen and oxygen atoms in total. The predicted molar refractivity (Wildman–Crippen MR) is 53.3 cm³/mol. The molecule has 0 aromatic heterocycles. The summed E-state index contributed by atoms with van der Waals surface area (Å²) in [5.41, 5.74) is 5.67. The number of hydrogen-bond donors (Lipinski definition) is 2. The monoisotopic (exact) mass is 184 g/mol. The summed E-state index contributed by atoms with van der Waals surface area (Å²) in [6.45, 7) is 3.99. The molecule has 0 heterocycles. The number of carbonyl (C=O) groups excluding carboxylic acids is 1. The van der Waals surface area contributed by atoms with Gasteiger partial charge in [-0.3, -0.25) is 4.79 Å². The molecule has 3 N–H and O–H groups in total. The van der Waals surface area contributed by atoms with Gasteiger partial charge in [-0.1, -0.05) is 6.92 Å². The molecule has 0 aromatic carbocycles. The smallest absolute Gasteiger partial charge is 0.221 e. The van der Waals surface area contributed by atoms with E-state index in [2.05, 4.69) is 12.2 Å². The lowest BCUT2D eigenvalue weighted by molar-refractivity contribution is -0.124. The molecule has 1 aliphatic rings. The van der Waals surface area contributed by atoms with Crippen LogP contribution in [0.5, 0.6) is 0 Å². The lowest BCUT2D eigenvalue weighted by atomic mass is 9.75. The molecule has 0 saturated heterocycles. The number of nitrogens with two attached hydrogens (primary N) is 1. The van der Waals surface area contributed by atoms with E-state index in [1.807, 2.05) is 6.92 Å². The van der Waals surface area contributed by atoms with E-state index < -0.39 is 0 Å². The van der Waals surface area contributed by atoms with Gasteiger partial charge in [-0.2, -0.15) is 0 Å². The minimum atomic E-state index is -0.0333. The van der Waals surface area contributed by atoms with Crippen molar-refractivity contribution < 1.29 is 4.79 Å². The first-order valence-electron chi connectivity index (χ1n) is 5.14. The summed E-state index contributed by atoms with van der Waals surface area (Å²) in [4.78, 5) is 11.4. The maximum absolute atomic E-state index is 11.4. The van der Waals surface area contributed by atoms with E-state index in [0.717, 1.165) is 19.3 Å². The Bertz CT molecular complexity index is 180. The normalized spacial score (nSPS) is 21.8. The van der Waals surface area contributed by atoms with Crippen molar-refractivity contribution in [2.24, 2.45) is 5.73 Å². The standard InChI is InChI=1S/C10H20N2O/c1-3-10(5-4-6-10)12-9(13)7-8(2)11/h8H,3-7,11H2,1-2H3,(H,12,13). The molecular weight excluding hydrogens is 164 g/mol. The number of hydrogen-bond acceptors (Lipinski definition) is 2. The fourth-order valence-electron chi connectivity index (χ4n) is 1.81. The maximum Gasteiger partial charge on any atom is 0.221 e. The van der Waals surface area contributed by atoms with Gasteiger partial charge < -0.3 is 11.1 Å². The topological polar surface area (TPSA) is 55.1 Å². The Kier molecular flexibility index (Phi) is 3.31. The molecule has 1 unspecified atom stereocenters. The molecule has 0 bridgehead atoms. The third-order valence-corrected chi connectivity index (χ3v) is 2.90. The molecule has 3 heteroatoms. The molecule has 76 valence electrons. The van der Waals surface area contributed by atoms with Gasteiger partial charge >= 0.3 is 0 Å². The van der Waals surface area contributed by atoms with Crippen LogP contribution in [0.1, 0.15) is 46.0 Å². The van der Waals surface area contributed by atoms with Gasteiger partial charge in [0, 0.05) is 18.0 Å². The summed E-state index contributed by atoms with van der Waals surface area (Å²) in [6, 6.07) is -0.0333. The van der Waals surface area contributed by atoms with Gasteiger partial charge in [0.1, 0.15) is 0 Å². The molecule has 1 amide bonds. The van der Waals surface area contributed by atoms with Crippen LogP contribution in [0.3, 0.4) is 0 Å². The number of nitrogens with one attached hydrogen (secondary N) is 1.